The number of hydrogen-bond donors (Lipinski definition) is 4. The molecule has 28 heavy (non-hydrogen) atoms. The first kappa shape index (κ1) is 21.5. The molecule has 0 fully saturated rings. The molecule has 0 spiro atoms. The molecule has 14 heteroatoms. The van der Waals surface area contributed by atoms with Crippen LogP contribution >= 0.6 is 0 Å². The zero-order valence-corrected chi connectivity index (χ0v) is 16.2. The zero-order valence-electron chi connectivity index (χ0n) is 14.6. The molecule has 0 aliphatic carbocycles. The van der Waals surface area contributed by atoms with E-state index in [1.165, 1.54) is 6.92 Å². The fraction of sp³-hybridized carbons (Fsp3) is 0.214. The van der Waals surface area contributed by atoms with Crippen LogP contribution in [0.25, 0.3) is 0 Å². The smallest absolute Gasteiger partial charge is 0.300 e. The van der Waals surface area contributed by atoms with Crippen molar-refractivity contribution in [3.8, 4) is 5.88 Å². The average molecular weight is 432 g/mol. The van der Waals surface area contributed by atoms with Crippen molar-refractivity contribution in [2.75, 3.05) is 5.73 Å². The number of aromatic hydroxyl groups is 1. The number of rotatable bonds is 5. The average Bonchev–Trinajstić information content (AvgIpc) is 2.52. The second-order valence-electron chi connectivity index (χ2n) is 5.55. The highest BCUT2D eigenvalue weighted by atomic mass is 32.2. The summed E-state index contributed by atoms with van der Waals surface area (Å²) >= 11 is 0. The van der Waals surface area contributed by atoms with Crippen molar-refractivity contribution in [1.82, 2.24) is 4.57 Å². The summed E-state index contributed by atoms with van der Waals surface area (Å²) in [5.74, 6) is -0.937. The molecule has 12 nitrogen and oxygen atoms in total. The molecule has 0 aliphatic heterocycles. The lowest BCUT2D eigenvalue weighted by molar-refractivity contribution is 0.387. The van der Waals surface area contributed by atoms with Crippen LogP contribution < -0.4 is 11.3 Å². The highest BCUT2D eigenvalue weighted by molar-refractivity contribution is 7.86. The molecule has 2 rings (SSSR count). The van der Waals surface area contributed by atoms with E-state index < -0.39 is 47.2 Å². The normalized spacial score (nSPS) is 12.6. The molecule has 0 atom stereocenters. The van der Waals surface area contributed by atoms with Crippen LogP contribution in [0, 0.1) is 6.92 Å². The number of pyridine rings is 1. The summed E-state index contributed by atoms with van der Waals surface area (Å²) in [5, 5.41) is 17.4. The highest BCUT2D eigenvalue weighted by Crippen LogP contribution is 2.31. The number of nitrogens with two attached hydrogens (primary N) is 1. The largest absolute Gasteiger partial charge is 0.493 e. The first-order valence-electron chi connectivity index (χ1n) is 7.51. The van der Waals surface area contributed by atoms with Gasteiger partial charge in [0.15, 0.2) is 10.6 Å². The topological polar surface area (TPSA) is 202 Å². The minimum absolute atomic E-state index is 0.00627. The second-order valence-corrected chi connectivity index (χ2v) is 8.30. The van der Waals surface area contributed by atoms with Gasteiger partial charge in [-0.05, 0) is 32.0 Å². The van der Waals surface area contributed by atoms with E-state index in [-0.39, 0.29) is 23.5 Å². The van der Waals surface area contributed by atoms with Gasteiger partial charge in [-0.3, -0.25) is 18.5 Å². The van der Waals surface area contributed by atoms with Crippen LogP contribution in [-0.2, 0) is 26.8 Å². The summed E-state index contributed by atoms with van der Waals surface area (Å²) in [6.45, 7) is 2.49. The number of nitrogen functional groups attached to an aromatic ring is 1. The molecule has 152 valence electrons. The third-order valence-electron chi connectivity index (χ3n) is 3.71. The van der Waals surface area contributed by atoms with E-state index in [4.69, 9.17) is 10.3 Å². The summed E-state index contributed by atoms with van der Waals surface area (Å²) < 4.78 is 64.5. The molecule has 0 saturated carbocycles. The van der Waals surface area contributed by atoms with Gasteiger partial charge in [-0.25, -0.2) is 0 Å². The number of anilines is 1. The lowest BCUT2D eigenvalue weighted by Gasteiger charge is -2.13. The van der Waals surface area contributed by atoms with E-state index in [1.807, 2.05) is 0 Å². The van der Waals surface area contributed by atoms with Crippen molar-refractivity contribution in [2.24, 2.45) is 10.2 Å². The van der Waals surface area contributed by atoms with Crippen molar-refractivity contribution >= 4 is 37.3 Å². The van der Waals surface area contributed by atoms with Gasteiger partial charge in [0.1, 0.15) is 4.90 Å². The van der Waals surface area contributed by atoms with E-state index in [0.29, 0.717) is 4.57 Å². The summed E-state index contributed by atoms with van der Waals surface area (Å²) in [4.78, 5) is 11.0. The highest BCUT2D eigenvalue weighted by Gasteiger charge is 2.26. The Morgan fingerprint density at radius 3 is 2.18 bits per heavy atom. The monoisotopic (exact) mass is 432 g/mol. The van der Waals surface area contributed by atoms with Gasteiger partial charge in [-0.2, -0.15) is 21.9 Å². The van der Waals surface area contributed by atoms with Crippen molar-refractivity contribution in [2.45, 2.75) is 30.2 Å². The third-order valence-corrected chi connectivity index (χ3v) is 5.65. The van der Waals surface area contributed by atoms with E-state index >= 15 is 0 Å². The van der Waals surface area contributed by atoms with Gasteiger partial charge in [0.25, 0.3) is 25.8 Å². The molecule has 2 aromatic rings. The van der Waals surface area contributed by atoms with Crippen LogP contribution in [0.2, 0.25) is 0 Å². The quantitative estimate of drug-likeness (QED) is 0.306. The maximum absolute atomic E-state index is 12.4. The SMILES string of the molecule is CCn1c(O)c(S(=O)(=O)O)c(C)c(N=Nc2ccc(S(=O)(=O)O)c(N)c2)c1=O. The Morgan fingerprint density at radius 2 is 1.71 bits per heavy atom. The molecule has 0 amide bonds. The number of azo groups is 1. The lowest BCUT2D eigenvalue weighted by Crippen LogP contribution is -2.22. The standard InChI is InChI=1S/C14H16N4O8S2/c1-3-18-13(19)11(7(2)12(14(18)20)28(24,25)26)17-16-8-4-5-10(9(15)6-8)27(21,22)23/h4-6,20H,3,15H2,1-2H3,(H,21,22,23)(H,24,25,26). The summed E-state index contributed by atoms with van der Waals surface area (Å²) in [7, 11) is -9.41. The van der Waals surface area contributed by atoms with Crippen LogP contribution in [0.3, 0.4) is 0 Å². The van der Waals surface area contributed by atoms with Gasteiger partial charge in [0.05, 0.1) is 11.4 Å². The van der Waals surface area contributed by atoms with E-state index in [0.717, 1.165) is 25.1 Å². The van der Waals surface area contributed by atoms with Gasteiger partial charge in [-0.15, -0.1) is 5.11 Å². The number of hydrogen-bond acceptors (Lipinski definition) is 9. The molecule has 1 aromatic heterocycles. The predicted molar refractivity (Wildman–Crippen MR) is 97.4 cm³/mol. The molecule has 0 bridgehead atoms. The third kappa shape index (κ3) is 4.04. The Bertz CT molecular complexity index is 1250. The van der Waals surface area contributed by atoms with Crippen LogP contribution in [0.15, 0.2) is 43.0 Å². The predicted octanol–water partition coefficient (Wildman–Crippen LogP) is 1.37. The van der Waals surface area contributed by atoms with Crippen molar-refractivity contribution in [3.63, 3.8) is 0 Å². The Kier molecular flexibility index (Phi) is 5.61. The number of nitrogens with zero attached hydrogens (tertiary/aromatic N) is 3. The molecule has 1 aromatic carbocycles. The molecular weight excluding hydrogens is 416 g/mol. The number of benzene rings is 1. The zero-order chi connectivity index (χ0) is 21.4. The first-order valence-corrected chi connectivity index (χ1v) is 10.4. The van der Waals surface area contributed by atoms with Crippen LogP contribution in [0.4, 0.5) is 17.1 Å². The van der Waals surface area contributed by atoms with E-state index in [1.54, 1.807) is 0 Å². The minimum Gasteiger partial charge on any atom is -0.493 e. The van der Waals surface area contributed by atoms with Gasteiger partial charge in [0, 0.05) is 12.1 Å². The number of aromatic nitrogens is 1. The molecular formula is C14H16N4O8S2. The maximum atomic E-state index is 12.4. The molecule has 5 N–H and O–H groups in total. The van der Waals surface area contributed by atoms with Crippen molar-refractivity contribution in [1.29, 1.82) is 0 Å². The molecule has 1 heterocycles. The van der Waals surface area contributed by atoms with Crippen molar-refractivity contribution < 1.29 is 31.0 Å². The van der Waals surface area contributed by atoms with Gasteiger partial charge < -0.3 is 10.8 Å². The fourth-order valence-corrected chi connectivity index (χ4v) is 3.86. The molecule has 0 radical (unpaired) electrons. The Labute approximate surface area is 159 Å². The van der Waals surface area contributed by atoms with Crippen LogP contribution in [0.5, 0.6) is 5.88 Å². The second kappa shape index (κ2) is 7.31. The molecule has 0 aliphatic rings. The summed E-state index contributed by atoms with van der Waals surface area (Å²) in [6, 6.07) is 3.17. The Hall–Kier alpha value is -2.81. The van der Waals surface area contributed by atoms with Gasteiger partial charge in [-0.1, -0.05) is 0 Å². The summed E-state index contributed by atoms with van der Waals surface area (Å²) in [6.07, 6.45) is 0. The fourth-order valence-electron chi connectivity index (χ4n) is 2.44. The van der Waals surface area contributed by atoms with E-state index in [9.17, 15) is 31.3 Å². The first-order chi connectivity index (χ1) is 12.8. The van der Waals surface area contributed by atoms with Crippen LogP contribution in [0.1, 0.15) is 12.5 Å². The lowest BCUT2D eigenvalue weighted by atomic mass is 10.2. The van der Waals surface area contributed by atoms with Gasteiger partial charge >= 0.3 is 0 Å². The van der Waals surface area contributed by atoms with Crippen LogP contribution in [-0.4, -0.2) is 35.6 Å². The van der Waals surface area contributed by atoms with E-state index in [2.05, 4.69) is 10.2 Å². The van der Waals surface area contributed by atoms with Crippen molar-refractivity contribution in [3.05, 3.63) is 34.1 Å². The minimum atomic E-state index is -4.87. The molecule has 0 unspecified atom stereocenters. The van der Waals surface area contributed by atoms with Gasteiger partial charge in [0.2, 0.25) is 5.88 Å². The Balaban J connectivity index is 2.67. The summed E-state index contributed by atoms with van der Waals surface area (Å²) in [5.41, 5.74) is 3.53. The maximum Gasteiger partial charge on any atom is 0.300 e. The Morgan fingerprint density at radius 1 is 1.11 bits per heavy atom. The molecule has 0 saturated heterocycles.